The molecule has 4 heteroatoms. The molecule has 0 aliphatic carbocycles. The lowest BCUT2D eigenvalue weighted by Crippen LogP contribution is -2.27. The fraction of sp³-hybridized carbons (Fsp3) is 0.222. The van der Waals surface area contributed by atoms with Crippen LogP contribution < -0.4 is 10.6 Å². The van der Waals surface area contributed by atoms with Crippen LogP contribution >= 0.6 is 11.6 Å². The van der Waals surface area contributed by atoms with E-state index in [1.54, 1.807) is 13.1 Å². The Kier molecular flexibility index (Phi) is 1.78. The molecule has 1 heterocycles. The van der Waals surface area contributed by atoms with E-state index in [4.69, 9.17) is 17.3 Å². The maximum Gasteiger partial charge on any atom is 0.248 e. The Morgan fingerprint density at radius 1 is 1.54 bits per heavy atom. The monoisotopic (exact) mass is 196 g/mol. The number of fused-ring (bicyclic) bond motifs is 1. The van der Waals surface area contributed by atoms with Crippen molar-refractivity contribution in [1.82, 2.24) is 0 Å². The molecule has 0 radical (unpaired) electrons. The lowest BCUT2D eigenvalue weighted by atomic mass is 10.1. The predicted molar refractivity (Wildman–Crippen MR) is 51.8 cm³/mol. The van der Waals surface area contributed by atoms with Gasteiger partial charge in [-0.25, -0.2) is 0 Å². The number of hydrogen-bond donors (Lipinski definition) is 1. The number of nitrogens with zero attached hydrogens (tertiary/aromatic N) is 1. The number of benzene rings is 1. The molecule has 13 heavy (non-hydrogen) atoms. The molecule has 1 amide bonds. The van der Waals surface area contributed by atoms with E-state index in [1.165, 1.54) is 4.90 Å². The highest BCUT2D eigenvalue weighted by atomic mass is 35.5. The van der Waals surface area contributed by atoms with E-state index in [0.29, 0.717) is 5.02 Å². The quantitative estimate of drug-likeness (QED) is 0.680. The first-order chi connectivity index (χ1) is 6.13. The normalized spacial score (nSPS) is 20.7. The van der Waals surface area contributed by atoms with E-state index in [1.807, 2.05) is 12.1 Å². The molecular formula is C9H9ClN2O. The van der Waals surface area contributed by atoms with Crippen molar-refractivity contribution in [2.24, 2.45) is 5.73 Å². The van der Waals surface area contributed by atoms with E-state index in [2.05, 4.69) is 0 Å². The van der Waals surface area contributed by atoms with Crippen LogP contribution in [0, 0.1) is 0 Å². The lowest BCUT2D eigenvalue weighted by Gasteiger charge is -2.08. The van der Waals surface area contributed by atoms with Crippen LogP contribution in [0.25, 0.3) is 0 Å². The van der Waals surface area contributed by atoms with Gasteiger partial charge in [0.25, 0.3) is 0 Å². The second-order valence-corrected chi connectivity index (χ2v) is 3.45. The van der Waals surface area contributed by atoms with Crippen molar-refractivity contribution in [3.05, 3.63) is 28.8 Å². The van der Waals surface area contributed by atoms with Crippen molar-refractivity contribution >= 4 is 23.2 Å². The molecule has 0 spiro atoms. The highest BCUT2D eigenvalue weighted by Crippen LogP contribution is 2.37. The Morgan fingerprint density at radius 2 is 2.23 bits per heavy atom. The SMILES string of the molecule is CN1C(=O)C(N)c2c(Cl)cccc21. The average Bonchev–Trinajstić information content (AvgIpc) is 2.33. The molecule has 0 saturated heterocycles. The Bertz CT molecular complexity index is 378. The Labute approximate surface area is 81.1 Å². The number of likely N-dealkylation sites (N-methyl/N-ethyl adjacent to an activating group) is 1. The summed E-state index contributed by atoms with van der Waals surface area (Å²) in [5, 5.41) is 0.558. The summed E-state index contributed by atoms with van der Waals surface area (Å²) in [4.78, 5) is 13.0. The van der Waals surface area contributed by atoms with Crippen LogP contribution in [0.2, 0.25) is 5.02 Å². The Balaban J connectivity index is 2.66. The van der Waals surface area contributed by atoms with Crippen molar-refractivity contribution in [3.63, 3.8) is 0 Å². The van der Waals surface area contributed by atoms with Crippen molar-refractivity contribution in [2.45, 2.75) is 6.04 Å². The highest BCUT2D eigenvalue weighted by Gasteiger charge is 2.33. The molecule has 0 saturated carbocycles. The number of carbonyl (C=O) groups is 1. The van der Waals surface area contributed by atoms with Crippen LogP contribution in [-0.4, -0.2) is 13.0 Å². The molecule has 1 aliphatic rings. The average molecular weight is 197 g/mol. The molecule has 0 fully saturated rings. The summed E-state index contributed by atoms with van der Waals surface area (Å²) in [7, 11) is 1.70. The molecule has 1 aliphatic heterocycles. The van der Waals surface area contributed by atoms with Gasteiger partial charge >= 0.3 is 0 Å². The highest BCUT2D eigenvalue weighted by molar-refractivity contribution is 6.32. The van der Waals surface area contributed by atoms with Crippen molar-refractivity contribution < 1.29 is 4.79 Å². The first-order valence-corrected chi connectivity index (χ1v) is 4.32. The maximum atomic E-state index is 11.5. The third kappa shape index (κ3) is 1.04. The first kappa shape index (κ1) is 8.53. The van der Waals surface area contributed by atoms with E-state index in [-0.39, 0.29) is 5.91 Å². The van der Waals surface area contributed by atoms with Crippen LogP contribution in [-0.2, 0) is 4.79 Å². The van der Waals surface area contributed by atoms with Gasteiger partial charge in [-0.15, -0.1) is 0 Å². The summed E-state index contributed by atoms with van der Waals surface area (Å²) in [5.74, 6) is -0.108. The fourth-order valence-corrected chi connectivity index (χ4v) is 1.86. The topological polar surface area (TPSA) is 46.3 Å². The Hall–Kier alpha value is -1.06. The zero-order chi connectivity index (χ0) is 9.59. The third-order valence-corrected chi connectivity index (χ3v) is 2.63. The smallest absolute Gasteiger partial charge is 0.248 e. The molecule has 0 aromatic heterocycles. The van der Waals surface area contributed by atoms with Crippen LogP contribution in [0.15, 0.2) is 18.2 Å². The van der Waals surface area contributed by atoms with Gasteiger partial charge in [0.1, 0.15) is 6.04 Å². The van der Waals surface area contributed by atoms with Gasteiger partial charge in [0.05, 0.1) is 5.69 Å². The number of hydrogen-bond acceptors (Lipinski definition) is 2. The summed E-state index contributed by atoms with van der Waals surface area (Å²) in [6, 6.07) is 4.79. The van der Waals surface area contributed by atoms with Gasteiger partial charge in [-0.2, -0.15) is 0 Å². The lowest BCUT2D eigenvalue weighted by molar-refractivity contribution is -0.118. The van der Waals surface area contributed by atoms with Gasteiger partial charge in [-0.05, 0) is 12.1 Å². The minimum atomic E-state index is -0.603. The number of carbonyl (C=O) groups excluding carboxylic acids is 1. The van der Waals surface area contributed by atoms with Crippen LogP contribution in [0.3, 0.4) is 0 Å². The van der Waals surface area contributed by atoms with Crippen molar-refractivity contribution in [3.8, 4) is 0 Å². The number of nitrogens with two attached hydrogens (primary N) is 1. The minimum absolute atomic E-state index is 0.108. The molecule has 0 bridgehead atoms. The zero-order valence-electron chi connectivity index (χ0n) is 7.12. The minimum Gasteiger partial charge on any atom is -0.316 e. The van der Waals surface area contributed by atoms with Crippen LogP contribution in [0.4, 0.5) is 5.69 Å². The second kappa shape index (κ2) is 2.72. The molecule has 3 nitrogen and oxygen atoms in total. The summed E-state index contributed by atoms with van der Waals surface area (Å²) in [5.41, 5.74) is 7.25. The number of anilines is 1. The van der Waals surface area contributed by atoms with Gasteiger partial charge in [-0.1, -0.05) is 17.7 Å². The van der Waals surface area contributed by atoms with E-state index < -0.39 is 6.04 Å². The standard InChI is InChI=1S/C9H9ClN2O/c1-12-6-4-2-3-5(10)7(6)8(11)9(12)13/h2-4,8H,11H2,1H3. The maximum absolute atomic E-state index is 11.5. The van der Waals surface area contributed by atoms with E-state index >= 15 is 0 Å². The molecular weight excluding hydrogens is 188 g/mol. The van der Waals surface area contributed by atoms with E-state index in [9.17, 15) is 4.79 Å². The zero-order valence-corrected chi connectivity index (χ0v) is 7.88. The van der Waals surface area contributed by atoms with Crippen molar-refractivity contribution in [1.29, 1.82) is 0 Å². The number of rotatable bonds is 0. The molecule has 1 unspecified atom stereocenters. The summed E-state index contributed by atoms with van der Waals surface area (Å²) in [6.07, 6.45) is 0. The van der Waals surface area contributed by atoms with Gasteiger partial charge in [-0.3, -0.25) is 4.79 Å². The van der Waals surface area contributed by atoms with Crippen LogP contribution in [0.1, 0.15) is 11.6 Å². The second-order valence-electron chi connectivity index (χ2n) is 3.05. The molecule has 1 atom stereocenters. The van der Waals surface area contributed by atoms with Gasteiger partial charge in [0, 0.05) is 17.6 Å². The van der Waals surface area contributed by atoms with Gasteiger partial charge in [0.2, 0.25) is 5.91 Å². The molecule has 2 N–H and O–H groups in total. The molecule has 68 valence electrons. The van der Waals surface area contributed by atoms with Crippen LogP contribution in [0.5, 0.6) is 0 Å². The predicted octanol–water partition coefficient (Wildman–Crippen LogP) is 1.32. The number of amides is 1. The summed E-state index contributed by atoms with van der Waals surface area (Å²) < 4.78 is 0. The molecule has 1 aromatic rings. The molecule has 1 aromatic carbocycles. The fourth-order valence-electron chi connectivity index (χ4n) is 1.58. The summed E-state index contributed by atoms with van der Waals surface area (Å²) in [6.45, 7) is 0. The molecule has 2 rings (SSSR count). The van der Waals surface area contributed by atoms with Gasteiger partial charge in [0.15, 0.2) is 0 Å². The Morgan fingerprint density at radius 3 is 2.85 bits per heavy atom. The summed E-state index contributed by atoms with van der Waals surface area (Å²) >= 11 is 5.94. The van der Waals surface area contributed by atoms with Gasteiger partial charge < -0.3 is 10.6 Å². The third-order valence-electron chi connectivity index (χ3n) is 2.30. The van der Waals surface area contributed by atoms with Crippen molar-refractivity contribution in [2.75, 3.05) is 11.9 Å². The first-order valence-electron chi connectivity index (χ1n) is 3.94. The largest absolute Gasteiger partial charge is 0.316 e. The van der Waals surface area contributed by atoms with E-state index in [0.717, 1.165) is 11.3 Å². The number of halogens is 1.